The van der Waals surface area contributed by atoms with Gasteiger partial charge in [-0.2, -0.15) is 0 Å². The number of rotatable bonds is 4. The van der Waals surface area contributed by atoms with Gasteiger partial charge in [0.05, 0.1) is 11.6 Å². The SMILES string of the molecule is CCc1ccc(N2CC(C(=O)N3CCCN(c4nc(C)cs4)CC3)CC2=O)cc1. The number of amides is 2. The molecule has 0 bridgehead atoms. The summed E-state index contributed by atoms with van der Waals surface area (Å²) >= 11 is 1.66. The van der Waals surface area contributed by atoms with Gasteiger partial charge in [-0.3, -0.25) is 9.59 Å². The molecule has 6 nitrogen and oxygen atoms in total. The fourth-order valence-electron chi connectivity index (χ4n) is 4.11. The highest BCUT2D eigenvalue weighted by Gasteiger charge is 2.37. The fourth-order valence-corrected chi connectivity index (χ4v) is 4.97. The van der Waals surface area contributed by atoms with E-state index in [0.29, 0.717) is 19.5 Å². The van der Waals surface area contributed by atoms with E-state index in [9.17, 15) is 9.59 Å². The molecule has 2 amide bonds. The van der Waals surface area contributed by atoms with Crippen molar-refractivity contribution >= 4 is 34.0 Å². The van der Waals surface area contributed by atoms with Gasteiger partial charge in [-0.15, -0.1) is 11.3 Å². The fraction of sp³-hybridized carbons (Fsp3) is 0.500. The first-order valence-electron chi connectivity index (χ1n) is 10.4. The Hall–Kier alpha value is -2.41. The van der Waals surface area contributed by atoms with E-state index >= 15 is 0 Å². The lowest BCUT2D eigenvalue weighted by molar-refractivity contribution is -0.135. The number of carbonyl (C=O) groups excluding carboxylic acids is 2. The van der Waals surface area contributed by atoms with E-state index < -0.39 is 0 Å². The minimum Gasteiger partial charge on any atom is -0.346 e. The van der Waals surface area contributed by atoms with Gasteiger partial charge >= 0.3 is 0 Å². The van der Waals surface area contributed by atoms with Crippen molar-refractivity contribution in [3.63, 3.8) is 0 Å². The van der Waals surface area contributed by atoms with E-state index in [4.69, 9.17) is 0 Å². The maximum Gasteiger partial charge on any atom is 0.228 e. The molecule has 2 aromatic rings. The Kier molecular flexibility index (Phi) is 5.85. The van der Waals surface area contributed by atoms with Crippen molar-refractivity contribution < 1.29 is 9.59 Å². The molecular formula is C22H28N4O2S. The number of aryl methyl sites for hydroxylation is 2. The maximum atomic E-state index is 13.1. The number of aromatic nitrogens is 1. The number of anilines is 2. The van der Waals surface area contributed by atoms with Crippen molar-refractivity contribution in [1.82, 2.24) is 9.88 Å². The Morgan fingerprint density at radius 1 is 1.17 bits per heavy atom. The van der Waals surface area contributed by atoms with Gasteiger partial charge in [0.15, 0.2) is 5.13 Å². The normalized spacial score (nSPS) is 20.3. The predicted octanol–water partition coefficient (Wildman–Crippen LogP) is 3.11. The molecule has 2 aliphatic heterocycles. The minimum atomic E-state index is -0.248. The summed E-state index contributed by atoms with van der Waals surface area (Å²) in [6, 6.07) is 8.09. The van der Waals surface area contributed by atoms with Crippen molar-refractivity contribution in [2.24, 2.45) is 5.92 Å². The molecule has 1 unspecified atom stereocenters. The van der Waals surface area contributed by atoms with Gasteiger partial charge in [0.1, 0.15) is 0 Å². The van der Waals surface area contributed by atoms with E-state index in [-0.39, 0.29) is 17.7 Å². The molecule has 1 aromatic heterocycles. The van der Waals surface area contributed by atoms with Crippen molar-refractivity contribution in [2.45, 2.75) is 33.1 Å². The average Bonchev–Trinajstić information content (AvgIpc) is 3.25. The highest BCUT2D eigenvalue weighted by Crippen LogP contribution is 2.28. The lowest BCUT2D eigenvalue weighted by atomic mass is 10.1. The molecule has 0 saturated carbocycles. The van der Waals surface area contributed by atoms with Crippen LogP contribution >= 0.6 is 11.3 Å². The van der Waals surface area contributed by atoms with Crippen molar-refractivity contribution in [1.29, 1.82) is 0 Å². The summed E-state index contributed by atoms with van der Waals surface area (Å²) in [5.41, 5.74) is 3.18. The monoisotopic (exact) mass is 412 g/mol. The van der Waals surface area contributed by atoms with Crippen molar-refractivity contribution in [3.8, 4) is 0 Å². The number of thiazole rings is 1. The summed E-state index contributed by atoms with van der Waals surface area (Å²) < 4.78 is 0. The number of carbonyl (C=O) groups is 2. The lowest BCUT2D eigenvalue weighted by Gasteiger charge is -2.24. The Morgan fingerprint density at radius 3 is 2.66 bits per heavy atom. The molecule has 1 atom stereocenters. The highest BCUT2D eigenvalue weighted by atomic mass is 32.1. The summed E-state index contributed by atoms with van der Waals surface area (Å²) in [7, 11) is 0. The van der Waals surface area contributed by atoms with Crippen LogP contribution in [0.1, 0.15) is 31.0 Å². The third-order valence-corrected chi connectivity index (χ3v) is 6.83. The lowest BCUT2D eigenvalue weighted by Crippen LogP contribution is -2.40. The second-order valence-corrected chi connectivity index (χ2v) is 8.70. The number of nitrogens with zero attached hydrogens (tertiary/aromatic N) is 4. The Morgan fingerprint density at radius 2 is 1.97 bits per heavy atom. The summed E-state index contributed by atoms with van der Waals surface area (Å²) in [6.07, 6.45) is 2.20. The van der Waals surface area contributed by atoms with Crippen molar-refractivity contribution in [3.05, 3.63) is 40.9 Å². The summed E-state index contributed by atoms with van der Waals surface area (Å²) in [6.45, 7) is 7.74. The summed E-state index contributed by atoms with van der Waals surface area (Å²) in [5, 5.41) is 3.10. The second kappa shape index (κ2) is 8.53. The largest absolute Gasteiger partial charge is 0.346 e. The number of benzene rings is 1. The highest BCUT2D eigenvalue weighted by molar-refractivity contribution is 7.13. The molecule has 7 heteroatoms. The smallest absolute Gasteiger partial charge is 0.228 e. The topological polar surface area (TPSA) is 56.8 Å². The van der Waals surface area contributed by atoms with Crippen LogP contribution in [0, 0.1) is 12.8 Å². The van der Waals surface area contributed by atoms with Crippen LogP contribution in [0.25, 0.3) is 0 Å². The molecule has 154 valence electrons. The van der Waals surface area contributed by atoms with Crippen LogP contribution < -0.4 is 9.80 Å². The quantitative estimate of drug-likeness (QED) is 0.774. The van der Waals surface area contributed by atoms with Crippen LogP contribution in [-0.2, 0) is 16.0 Å². The molecule has 4 rings (SSSR count). The van der Waals surface area contributed by atoms with Gasteiger partial charge in [-0.25, -0.2) is 4.98 Å². The predicted molar refractivity (Wildman–Crippen MR) is 117 cm³/mol. The van der Waals surface area contributed by atoms with Crippen LogP contribution in [0.2, 0.25) is 0 Å². The third-order valence-electron chi connectivity index (χ3n) is 5.82. The van der Waals surface area contributed by atoms with Gasteiger partial charge in [-0.05, 0) is 37.5 Å². The molecule has 0 radical (unpaired) electrons. The summed E-state index contributed by atoms with van der Waals surface area (Å²) in [4.78, 5) is 36.3. The molecule has 0 aliphatic carbocycles. The van der Waals surface area contributed by atoms with Crippen LogP contribution in [0.3, 0.4) is 0 Å². The number of hydrogen-bond acceptors (Lipinski definition) is 5. The van der Waals surface area contributed by atoms with Crippen LogP contribution in [0.4, 0.5) is 10.8 Å². The molecule has 29 heavy (non-hydrogen) atoms. The standard InChI is InChI=1S/C22H28N4O2S/c1-3-17-5-7-19(8-6-17)26-14-18(13-20(26)27)21(28)24-9-4-10-25(12-11-24)22-23-16(2)15-29-22/h5-8,15,18H,3-4,9-14H2,1-2H3. The number of hydrogen-bond donors (Lipinski definition) is 0. The first kappa shape index (κ1) is 19.9. The Bertz CT molecular complexity index is 879. The molecular weight excluding hydrogens is 384 g/mol. The van der Waals surface area contributed by atoms with Crippen LogP contribution in [0.5, 0.6) is 0 Å². The van der Waals surface area contributed by atoms with E-state index in [0.717, 1.165) is 49.0 Å². The first-order valence-corrected chi connectivity index (χ1v) is 11.3. The van der Waals surface area contributed by atoms with E-state index in [1.165, 1.54) is 5.56 Å². The molecule has 0 N–H and O–H groups in total. The van der Waals surface area contributed by atoms with Gasteiger partial charge in [0.2, 0.25) is 11.8 Å². The van der Waals surface area contributed by atoms with E-state index in [1.807, 2.05) is 24.0 Å². The molecule has 2 aliphatic rings. The van der Waals surface area contributed by atoms with Crippen LogP contribution in [-0.4, -0.2) is 54.4 Å². The van der Waals surface area contributed by atoms with E-state index in [1.54, 1.807) is 16.2 Å². The Labute approximate surface area is 176 Å². The van der Waals surface area contributed by atoms with E-state index in [2.05, 4.69) is 34.3 Å². The molecule has 3 heterocycles. The molecule has 1 aromatic carbocycles. The molecule has 2 fully saturated rings. The zero-order valence-electron chi connectivity index (χ0n) is 17.1. The van der Waals surface area contributed by atoms with Gasteiger partial charge in [-0.1, -0.05) is 19.1 Å². The third kappa shape index (κ3) is 4.29. The average molecular weight is 413 g/mol. The van der Waals surface area contributed by atoms with Gasteiger partial charge in [0, 0.05) is 50.2 Å². The van der Waals surface area contributed by atoms with Crippen molar-refractivity contribution in [2.75, 3.05) is 42.5 Å². The second-order valence-electron chi connectivity index (χ2n) is 7.86. The summed E-state index contributed by atoms with van der Waals surface area (Å²) in [5.74, 6) is -0.0903. The van der Waals surface area contributed by atoms with Gasteiger partial charge < -0.3 is 14.7 Å². The Balaban J connectivity index is 1.38. The van der Waals surface area contributed by atoms with Gasteiger partial charge in [0.25, 0.3) is 0 Å². The maximum absolute atomic E-state index is 13.1. The zero-order chi connectivity index (χ0) is 20.4. The van der Waals surface area contributed by atoms with Crippen LogP contribution in [0.15, 0.2) is 29.6 Å². The molecule has 0 spiro atoms. The first-order chi connectivity index (χ1) is 14.0. The minimum absolute atomic E-state index is 0.0438. The molecule has 2 saturated heterocycles. The zero-order valence-corrected chi connectivity index (χ0v) is 18.0.